The van der Waals surface area contributed by atoms with Crippen LogP contribution in [0.1, 0.15) is 17.5 Å². The summed E-state index contributed by atoms with van der Waals surface area (Å²) in [6.45, 7) is 0.539. The van der Waals surface area contributed by atoms with Gasteiger partial charge < -0.3 is 9.84 Å². The molecule has 0 aliphatic carbocycles. The van der Waals surface area contributed by atoms with Crippen LogP contribution in [0.5, 0.6) is 0 Å². The number of hydrogen-bond donors (Lipinski definition) is 1. The van der Waals surface area contributed by atoms with Gasteiger partial charge in [0.2, 0.25) is 0 Å². The number of ether oxygens (including phenoxy) is 1. The summed E-state index contributed by atoms with van der Waals surface area (Å²) < 4.78 is 5.18. The summed E-state index contributed by atoms with van der Waals surface area (Å²) in [5, 5.41) is 9.24. The largest absolute Gasteiger partial charge is 0.368 e. The van der Waals surface area contributed by atoms with Crippen LogP contribution in [0.3, 0.4) is 0 Å². The first-order chi connectivity index (χ1) is 5.86. The van der Waals surface area contributed by atoms with Crippen LogP contribution < -0.4 is 0 Å². The molecule has 0 amide bonds. The molecule has 1 aliphatic rings. The van der Waals surface area contributed by atoms with Gasteiger partial charge in [-0.1, -0.05) is 24.3 Å². The molecule has 64 valence electrons. The molecule has 2 rings (SSSR count). The second kappa shape index (κ2) is 3.25. The lowest BCUT2D eigenvalue weighted by Crippen LogP contribution is -2.08. The van der Waals surface area contributed by atoms with Crippen molar-refractivity contribution in [2.75, 3.05) is 0 Å². The van der Waals surface area contributed by atoms with Crippen molar-refractivity contribution in [1.29, 1.82) is 0 Å². The highest BCUT2D eigenvalue weighted by molar-refractivity contribution is 5.27. The molecule has 1 aromatic rings. The highest BCUT2D eigenvalue weighted by Crippen LogP contribution is 2.18. The quantitative estimate of drug-likeness (QED) is 0.629. The first kappa shape index (κ1) is 7.77. The Morgan fingerprint density at radius 3 is 2.83 bits per heavy atom. The molecule has 0 aromatic heterocycles. The highest BCUT2D eigenvalue weighted by Gasteiger charge is 2.12. The van der Waals surface area contributed by atoms with Crippen molar-refractivity contribution in [1.82, 2.24) is 0 Å². The van der Waals surface area contributed by atoms with E-state index in [9.17, 15) is 5.11 Å². The zero-order valence-corrected chi connectivity index (χ0v) is 6.86. The lowest BCUT2D eigenvalue weighted by molar-refractivity contribution is -0.107. The molecule has 0 spiro atoms. The molecule has 0 radical (unpaired) electrons. The number of aryl methyl sites for hydroxylation is 1. The average molecular weight is 164 g/mol. The molecule has 1 N–H and O–H groups in total. The Bertz CT molecular complexity index is 243. The monoisotopic (exact) mass is 164 g/mol. The van der Waals surface area contributed by atoms with Gasteiger partial charge in [-0.05, 0) is 17.5 Å². The zero-order valence-electron chi connectivity index (χ0n) is 6.86. The van der Waals surface area contributed by atoms with Crippen molar-refractivity contribution in [2.45, 2.75) is 25.7 Å². The van der Waals surface area contributed by atoms with E-state index in [1.807, 2.05) is 18.2 Å². The van der Waals surface area contributed by atoms with Crippen molar-refractivity contribution in [3.8, 4) is 0 Å². The molecule has 0 fully saturated rings. The number of aliphatic hydroxyl groups excluding tert-OH is 1. The fourth-order valence-corrected chi connectivity index (χ4v) is 1.49. The van der Waals surface area contributed by atoms with E-state index in [4.69, 9.17) is 4.74 Å². The maximum Gasteiger partial charge on any atom is 0.155 e. The Morgan fingerprint density at radius 2 is 2.00 bits per heavy atom. The van der Waals surface area contributed by atoms with E-state index in [0.717, 1.165) is 6.42 Å². The molecule has 0 saturated carbocycles. The van der Waals surface area contributed by atoms with Crippen LogP contribution in [-0.4, -0.2) is 11.4 Å². The third-order valence-electron chi connectivity index (χ3n) is 2.21. The van der Waals surface area contributed by atoms with Crippen molar-refractivity contribution >= 4 is 0 Å². The van der Waals surface area contributed by atoms with Crippen LogP contribution in [0.15, 0.2) is 24.3 Å². The summed E-state index contributed by atoms with van der Waals surface area (Å²) in [6.07, 6.45) is 1.03. The molecule has 1 aliphatic heterocycles. The van der Waals surface area contributed by atoms with Gasteiger partial charge in [0.05, 0.1) is 6.61 Å². The summed E-state index contributed by atoms with van der Waals surface area (Å²) in [4.78, 5) is 0. The SMILES string of the molecule is O[C@@H]1CCc2ccccc2CO1. The summed E-state index contributed by atoms with van der Waals surface area (Å²) >= 11 is 0. The summed E-state index contributed by atoms with van der Waals surface area (Å²) in [5.41, 5.74) is 2.50. The normalized spacial score (nSPS) is 22.9. The first-order valence-electron chi connectivity index (χ1n) is 4.23. The van der Waals surface area contributed by atoms with Gasteiger partial charge in [-0.15, -0.1) is 0 Å². The number of benzene rings is 1. The minimum absolute atomic E-state index is 0.539. The smallest absolute Gasteiger partial charge is 0.155 e. The average Bonchev–Trinajstić information content (AvgIpc) is 2.29. The molecule has 1 heterocycles. The second-order valence-electron chi connectivity index (χ2n) is 3.07. The van der Waals surface area contributed by atoms with Crippen LogP contribution in [0, 0.1) is 0 Å². The van der Waals surface area contributed by atoms with Gasteiger partial charge in [0.15, 0.2) is 6.29 Å². The minimum atomic E-state index is -0.586. The van der Waals surface area contributed by atoms with Gasteiger partial charge in [0.25, 0.3) is 0 Å². The fraction of sp³-hybridized carbons (Fsp3) is 0.400. The summed E-state index contributed by atoms with van der Waals surface area (Å²) in [7, 11) is 0. The van der Waals surface area contributed by atoms with E-state index in [0.29, 0.717) is 13.0 Å². The third-order valence-corrected chi connectivity index (χ3v) is 2.21. The van der Waals surface area contributed by atoms with E-state index >= 15 is 0 Å². The number of hydrogen-bond acceptors (Lipinski definition) is 2. The van der Waals surface area contributed by atoms with Crippen molar-refractivity contribution in [2.24, 2.45) is 0 Å². The lowest BCUT2D eigenvalue weighted by atomic mass is 10.0. The maximum absolute atomic E-state index is 9.24. The Balaban J connectivity index is 2.26. The van der Waals surface area contributed by atoms with E-state index < -0.39 is 6.29 Å². The molecule has 12 heavy (non-hydrogen) atoms. The van der Waals surface area contributed by atoms with Crippen LogP contribution in [-0.2, 0) is 17.8 Å². The van der Waals surface area contributed by atoms with E-state index in [1.165, 1.54) is 11.1 Å². The van der Waals surface area contributed by atoms with Crippen molar-refractivity contribution in [3.63, 3.8) is 0 Å². The first-order valence-corrected chi connectivity index (χ1v) is 4.23. The van der Waals surface area contributed by atoms with Crippen molar-refractivity contribution < 1.29 is 9.84 Å². The van der Waals surface area contributed by atoms with Crippen LogP contribution in [0.4, 0.5) is 0 Å². The van der Waals surface area contributed by atoms with Gasteiger partial charge in [0, 0.05) is 6.42 Å². The molecule has 1 atom stereocenters. The fourth-order valence-electron chi connectivity index (χ4n) is 1.49. The maximum atomic E-state index is 9.24. The predicted molar refractivity (Wildman–Crippen MR) is 45.6 cm³/mol. The number of rotatable bonds is 0. The molecule has 2 heteroatoms. The minimum Gasteiger partial charge on any atom is -0.368 e. The Kier molecular flexibility index (Phi) is 2.11. The van der Waals surface area contributed by atoms with Crippen LogP contribution in [0.2, 0.25) is 0 Å². The van der Waals surface area contributed by atoms with Gasteiger partial charge >= 0.3 is 0 Å². The molecular weight excluding hydrogens is 152 g/mol. The standard InChI is InChI=1S/C10H12O2/c11-10-6-5-8-3-1-2-4-9(8)7-12-10/h1-4,10-11H,5-7H2/t10-/m0/s1. The van der Waals surface area contributed by atoms with E-state index in [2.05, 4.69) is 6.07 Å². The predicted octanol–water partition coefficient (Wildman–Crippen LogP) is 1.47. The Hall–Kier alpha value is -0.860. The topological polar surface area (TPSA) is 29.5 Å². The van der Waals surface area contributed by atoms with Gasteiger partial charge in [-0.3, -0.25) is 0 Å². The number of fused-ring (bicyclic) bond motifs is 1. The van der Waals surface area contributed by atoms with Gasteiger partial charge in [-0.2, -0.15) is 0 Å². The Morgan fingerprint density at radius 1 is 1.25 bits per heavy atom. The molecule has 1 aromatic carbocycles. The molecule has 0 unspecified atom stereocenters. The molecule has 0 bridgehead atoms. The van der Waals surface area contributed by atoms with Crippen LogP contribution >= 0.6 is 0 Å². The summed E-state index contributed by atoms with van der Waals surface area (Å²) in [6, 6.07) is 8.17. The van der Waals surface area contributed by atoms with E-state index in [1.54, 1.807) is 0 Å². The van der Waals surface area contributed by atoms with Gasteiger partial charge in [0.1, 0.15) is 0 Å². The van der Waals surface area contributed by atoms with Crippen LogP contribution in [0.25, 0.3) is 0 Å². The number of aliphatic hydroxyl groups is 1. The van der Waals surface area contributed by atoms with Gasteiger partial charge in [-0.25, -0.2) is 0 Å². The third kappa shape index (κ3) is 1.49. The molecular formula is C10H12O2. The Labute approximate surface area is 71.8 Å². The van der Waals surface area contributed by atoms with E-state index in [-0.39, 0.29) is 0 Å². The zero-order chi connectivity index (χ0) is 8.39. The second-order valence-corrected chi connectivity index (χ2v) is 3.07. The lowest BCUT2D eigenvalue weighted by Gasteiger charge is -2.05. The molecule has 0 saturated heterocycles. The highest BCUT2D eigenvalue weighted by atomic mass is 16.6. The summed E-state index contributed by atoms with van der Waals surface area (Å²) in [5.74, 6) is 0. The van der Waals surface area contributed by atoms with Crippen molar-refractivity contribution in [3.05, 3.63) is 35.4 Å². The molecule has 2 nitrogen and oxygen atoms in total.